The van der Waals surface area contributed by atoms with Gasteiger partial charge >= 0.3 is 0 Å². The summed E-state index contributed by atoms with van der Waals surface area (Å²) in [7, 11) is 1.93. The predicted octanol–water partition coefficient (Wildman–Crippen LogP) is 4.32. The molecule has 3 aromatic rings. The number of hydrogen-bond acceptors (Lipinski definition) is 6. The molecule has 7 nitrogen and oxygen atoms in total. The fourth-order valence-corrected chi connectivity index (χ4v) is 4.09. The Morgan fingerprint density at radius 3 is 2.52 bits per heavy atom. The number of rotatable bonds is 9. The number of benzene rings is 2. The van der Waals surface area contributed by atoms with E-state index in [9.17, 15) is 4.79 Å². The summed E-state index contributed by atoms with van der Waals surface area (Å²) in [5.74, 6) is 1.22. The van der Waals surface area contributed by atoms with E-state index < -0.39 is 0 Å². The summed E-state index contributed by atoms with van der Waals surface area (Å²) in [5, 5.41) is 21.3. The molecule has 160 valence electrons. The zero-order valence-electron chi connectivity index (χ0n) is 18.0. The summed E-state index contributed by atoms with van der Waals surface area (Å²) >= 11 is 1.48. The smallest absolute Gasteiger partial charge is 0.225 e. The van der Waals surface area contributed by atoms with E-state index in [-0.39, 0.29) is 5.91 Å². The van der Waals surface area contributed by atoms with E-state index in [1.165, 1.54) is 17.4 Å². The normalized spacial score (nSPS) is 10.5. The van der Waals surface area contributed by atoms with Gasteiger partial charge in [-0.25, -0.2) is 0 Å². The van der Waals surface area contributed by atoms with Gasteiger partial charge in [-0.05, 0) is 50.2 Å². The minimum atomic E-state index is -0.135. The Labute approximate surface area is 187 Å². The van der Waals surface area contributed by atoms with Crippen molar-refractivity contribution < 1.29 is 4.79 Å². The molecule has 2 aromatic carbocycles. The number of anilines is 2. The first-order valence-electron chi connectivity index (χ1n) is 10.2. The van der Waals surface area contributed by atoms with Crippen LogP contribution < -0.4 is 10.2 Å². The number of nitriles is 1. The molecule has 0 aliphatic rings. The number of nitrogens with one attached hydrogen (secondary N) is 1. The zero-order valence-corrected chi connectivity index (χ0v) is 18.8. The van der Waals surface area contributed by atoms with Crippen LogP contribution >= 0.6 is 11.8 Å². The largest absolute Gasteiger partial charge is 0.372 e. The van der Waals surface area contributed by atoms with Gasteiger partial charge in [0.05, 0.1) is 11.3 Å². The van der Waals surface area contributed by atoms with E-state index in [0.717, 1.165) is 29.6 Å². The van der Waals surface area contributed by atoms with Crippen molar-refractivity contribution in [3.63, 3.8) is 0 Å². The summed E-state index contributed by atoms with van der Waals surface area (Å²) in [4.78, 5) is 14.5. The Kier molecular flexibility index (Phi) is 7.68. The average molecular weight is 435 g/mol. The number of aromatic nitrogens is 3. The Balaban J connectivity index is 1.58. The molecule has 0 aliphatic carbocycles. The van der Waals surface area contributed by atoms with Gasteiger partial charge in [0.1, 0.15) is 6.07 Å². The molecule has 1 heterocycles. The molecule has 0 fully saturated rings. The number of nitrogens with zero attached hydrogens (tertiary/aromatic N) is 5. The van der Waals surface area contributed by atoms with Gasteiger partial charge in [-0.1, -0.05) is 23.9 Å². The van der Waals surface area contributed by atoms with Gasteiger partial charge in [-0.15, -0.1) is 10.2 Å². The highest BCUT2D eigenvalue weighted by Gasteiger charge is 2.13. The van der Waals surface area contributed by atoms with Crippen LogP contribution in [0.25, 0.3) is 11.4 Å². The number of para-hydroxylation sites is 1. The zero-order chi connectivity index (χ0) is 22.2. The SMILES string of the molecule is CCN(CC)c1ccc(-c2nnc(SCCC(=O)Nc3ccccc3C#N)n2C)cc1. The number of hydrogen-bond donors (Lipinski definition) is 1. The van der Waals surface area contributed by atoms with Crippen LogP contribution in [0.1, 0.15) is 25.8 Å². The quantitative estimate of drug-likeness (QED) is 0.505. The summed E-state index contributed by atoms with van der Waals surface area (Å²) in [5.41, 5.74) is 3.18. The topological polar surface area (TPSA) is 86.8 Å². The van der Waals surface area contributed by atoms with E-state index in [1.807, 2.05) is 11.6 Å². The molecule has 3 rings (SSSR count). The lowest BCUT2D eigenvalue weighted by molar-refractivity contribution is -0.115. The predicted molar refractivity (Wildman–Crippen MR) is 125 cm³/mol. The monoisotopic (exact) mass is 434 g/mol. The lowest BCUT2D eigenvalue weighted by Crippen LogP contribution is -2.21. The summed E-state index contributed by atoms with van der Waals surface area (Å²) in [6.45, 7) is 6.23. The van der Waals surface area contributed by atoms with Crippen LogP contribution in [0.15, 0.2) is 53.7 Å². The summed E-state index contributed by atoms with van der Waals surface area (Å²) < 4.78 is 1.94. The first kappa shape index (κ1) is 22.4. The third-order valence-corrected chi connectivity index (χ3v) is 5.99. The minimum Gasteiger partial charge on any atom is -0.372 e. The van der Waals surface area contributed by atoms with E-state index in [1.54, 1.807) is 24.3 Å². The van der Waals surface area contributed by atoms with E-state index in [0.29, 0.717) is 23.4 Å². The van der Waals surface area contributed by atoms with Crippen molar-refractivity contribution in [2.75, 3.05) is 29.1 Å². The second-order valence-electron chi connectivity index (χ2n) is 6.89. The Morgan fingerprint density at radius 1 is 1.13 bits per heavy atom. The molecule has 0 saturated heterocycles. The molecule has 0 bridgehead atoms. The summed E-state index contributed by atoms with van der Waals surface area (Å²) in [6, 6.07) is 17.4. The number of carbonyl (C=O) groups excluding carboxylic acids is 1. The third kappa shape index (κ3) is 5.44. The maximum atomic E-state index is 12.2. The second kappa shape index (κ2) is 10.6. The van der Waals surface area contributed by atoms with E-state index in [4.69, 9.17) is 5.26 Å². The van der Waals surface area contributed by atoms with Gasteiger partial charge in [0.25, 0.3) is 0 Å². The molecular formula is C23H26N6OS. The van der Waals surface area contributed by atoms with Crippen LogP contribution in [-0.4, -0.2) is 39.5 Å². The first-order chi connectivity index (χ1) is 15.1. The van der Waals surface area contributed by atoms with Crippen LogP contribution in [0.3, 0.4) is 0 Å². The fraction of sp³-hybridized carbons (Fsp3) is 0.304. The molecule has 0 unspecified atom stereocenters. The van der Waals surface area contributed by atoms with Crippen LogP contribution in [0.4, 0.5) is 11.4 Å². The number of carbonyl (C=O) groups is 1. The molecule has 0 spiro atoms. The fourth-order valence-electron chi connectivity index (χ4n) is 3.24. The minimum absolute atomic E-state index is 0.135. The number of amides is 1. The first-order valence-corrected chi connectivity index (χ1v) is 11.2. The molecule has 1 amide bonds. The van der Waals surface area contributed by atoms with Crippen LogP contribution in [0.5, 0.6) is 0 Å². The van der Waals surface area contributed by atoms with Gasteiger partial charge < -0.3 is 14.8 Å². The average Bonchev–Trinajstić information content (AvgIpc) is 3.16. The van der Waals surface area contributed by atoms with Crippen molar-refractivity contribution in [1.82, 2.24) is 14.8 Å². The van der Waals surface area contributed by atoms with Crippen molar-refractivity contribution in [3.8, 4) is 17.5 Å². The Bertz CT molecular complexity index is 1070. The molecule has 0 aliphatic heterocycles. The molecular weight excluding hydrogens is 408 g/mol. The maximum absolute atomic E-state index is 12.2. The highest BCUT2D eigenvalue weighted by atomic mass is 32.2. The van der Waals surface area contributed by atoms with Gasteiger partial charge in [0, 0.05) is 43.6 Å². The molecule has 0 saturated carbocycles. The van der Waals surface area contributed by atoms with E-state index in [2.05, 4.69) is 64.6 Å². The lowest BCUT2D eigenvalue weighted by atomic mass is 10.2. The second-order valence-corrected chi connectivity index (χ2v) is 7.95. The van der Waals surface area contributed by atoms with Crippen LogP contribution in [0, 0.1) is 11.3 Å². The molecule has 1 N–H and O–H groups in total. The molecule has 31 heavy (non-hydrogen) atoms. The van der Waals surface area contributed by atoms with Gasteiger partial charge in [-0.3, -0.25) is 4.79 Å². The third-order valence-electron chi connectivity index (χ3n) is 4.97. The van der Waals surface area contributed by atoms with E-state index >= 15 is 0 Å². The summed E-state index contributed by atoms with van der Waals surface area (Å²) in [6.07, 6.45) is 0.311. The van der Waals surface area contributed by atoms with Crippen LogP contribution in [0.2, 0.25) is 0 Å². The molecule has 1 aromatic heterocycles. The van der Waals surface area contributed by atoms with Crippen molar-refractivity contribution in [1.29, 1.82) is 5.26 Å². The van der Waals surface area contributed by atoms with Crippen molar-refractivity contribution in [2.24, 2.45) is 7.05 Å². The highest BCUT2D eigenvalue weighted by Crippen LogP contribution is 2.25. The lowest BCUT2D eigenvalue weighted by Gasteiger charge is -2.21. The molecule has 0 radical (unpaired) electrons. The van der Waals surface area contributed by atoms with Gasteiger partial charge in [-0.2, -0.15) is 5.26 Å². The maximum Gasteiger partial charge on any atom is 0.225 e. The van der Waals surface area contributed by atoms with Crippen molar-refractivity contribution >= 4 is 29.0 Å². The van der Waals surface area contributed by atoms with Gasteiger partial charge in [0.2, 0.25) is 5.91 Å². The molecule has 8 heteroatoms. The van der Waals surface area contributed by atoms with Crippen molar-refractivity contribution in [2.45, 2.75) is 25.4 Å². The Hall–Kier alpha value is -3.31. The highest BCUT2D eigenvalue weighted by molar-refractivity contribution is 7.99. The standard InChI is InChI=1S/C23H26N6OS/c1-4-29(5-2)19-12-10-17(11-13-19)22-26-27-23(28(22)3)31-15-14-21(30)25-20-9-7-6-8-18(20)16-24/h6-13H,4-5,14-15H2,1-3H3,(H,25,30). The van der Waals surface area contributed by atoms with Gasteiger partial charge in [0.15, 0.2) is 11.0 Å². The van der Waals surface area contributed by atoms with Crippen LogP contribution in [-0.2, 0) is 11.8 Å². The Morgan fingerprint density at radius 2 is 1.84 bits per heavy atom. The number of thioether (sulfide) groups is 1. The molecule has 0 atom stereocenters. The van der Waals surface area contributed by atoms with Crippen molar-refractivity contribution in [3.05, 3.63) is 54.1 Å².